The van der Waals surface area contributed by atoms with Gasteiger partial charge in [0.1, 0.15) is 17.7 Å². The van der Waals surface area contributed by atoms with Crippen molar-refractivity contribution in [2.75, 3.05) is 7.05 Å². The van der Waals surface area contributed by atoms with E-state index in [4.69, 9.17) is 22.2 Å². The summed E-state index contributed by atoms with van der Waals surface area (Å²) >= 11 is 0. The topological polar surface area (TPSA) is 124 Å². The Morgan fingerprint density at radius 1 is 1.26 bits per heavy atom. The number of amidine groups is 1. The van der Waals surface area contributed by atoms with Gasteiger partial charge in [0.2, 0.25) is 5.84 Å². The molecule has 0 spiro atoms. The highest BCUT2D eigenvalue weighted by Crippen LogP contribution is 2.42. The predicted molar refractivity (Wildman–Crippen MR) is 112 cm³/mol. The van der Waals surface area contributed by atoms with Crippen LogP contribution in [0.15, 0.2) is 23.3 Å². The highest BCUT2D eigenvalue weighted by atomic mass is 19.4. The molecule has 2 aliphatic rings. The van der Waals surface area contributed by atoms with E-state index in [0.29, 0.717) is 17.2 Å². The lowest BCUT2D eigenvalue weighted by Crippen LogP contribution is -2.58. The summed E-state index contributed by atoms with van der Waals surface area (Å²) in [6.07, 6.45) is -8.61. The first kappa shape index (κ1) is 24.3. The van der Waals surface area contributed by atoms with Crippen molar-refractivity contribution in [2.45, 2.75) is 50.0 Å². The summed E-state index contributed by atoms with van der Waals surface area (Å²) < 4.78 is 77.1. The van der Waals surface area contributed by atoms with Crippen molar-refractivity contribution >= 4 is 5.84 Å². The van der Waals surface area contributed by atoms with Crippen molar-refractivity contribution in [3.8, 4) is 0 Å². The molecule has 3 heterocycles. The zero-order valence-electron chi connectivity index (χ0n) is 18.4. The van der Waals surface area contributed by atoms with Crippen LogP contribution >= 0.6 is 0 Å². The van der Waals surface area contributed by atoms with Gasteiger partial charge < -0.3 is 20.9 Å². The number of alkyl halides is 3. The number of hydrogen-bond acceptors (Lipinski definition) is 7. The Hall–Kier alpha value is -2.81. The number of rotatable bonds is 3. The first-order valence-electron chi connectivity index (χ1n) is 10.4. The van der Waals surface area contributed by atoms with Crippen molar-refractivity contribution < 1.29 is 26.7 Å². The van der Waals surface area contributed by atoms with Crippen molar-refractivity contribution in [3.63, 3.8) is 0 Å². The van der Waals surface area contributed by atoms with Crippen LogP contribution in [0.4, 0.5) is 22.0 Å². The highest BCUT2D eigenvalue weighted by molar-refractivity contribution is 5.95. The molecule has 1 aromatic carbocycles. The van der Waals surface area contributed by atoms with Crippen molar-refractivity contribution in [1.29, 1.82) is 0 Å². The Labute approximate surface area is 191 Å². The van der Waals surface area contributed by atoms with Gasteiger partial charge in [-0.2, -0.15) is 18.3 Å². The number of hydrogen-bond donors (Lipinski definition) is 3. The van der Waals surface area contributed by atoms with Crippen LogP contribution < -0.4 is 17.4 Å². The van der Waals surface area contributed by atoms with E-state index in [1.54, 1.807) is 16.5 Å². The molecule has 0 radical (unpaired) electrons. The Morgan fingerprint density at radius 2 is 1.97 bits per heavy atom. The Morgan fingerprint density at radius 3 is 2.56 bits per heavy atom. The fourth-order valence-electron chi connectivity index (χ4n) is 4.64. The van der Waals surface area contributed by atoms with E-state index in [2.05, 4.69) is 10.1 Å². The molecule has 4 atom stereocenters. The number of benzene rings is 1. The van der Waals surface area contributed by atoms with Crippen LogP contribution in [0.1, 0.15) is 35.3 Å². The van der Waals surface area contributed by atoms with Gasteiger partial charge in [-0.3, -0.25) is 9.91 Å². The molecule has 0 aliphatic carbocycles. The van der Waals surface area contributed by atoms with E-state index in [-0.39, 0.29) is 30.9 Å². The molecule has 3 unspecified atom stereocenters. The summed E-state index contributed by atoms with van der Waals surface area (Å²) in [5.41, 5.74) is 7.03. The normalized spacial score (nSPS) is 26.1. The molecular weight excluding hydrogens is 463 g/mol. The molecule has 1 aromatic heterocycles. The van der Waals surface area contributed by atoms with Crippen LogP contribution in [0, 0.1) is 11.6 Å². The second-order valence-corrected chi connectivity index (χ2v) is 8.51. The lowest BCUT2D eigenvalue weighted by molar-refractivity contribution is -0.269. The van der Waals surface area contributed by atoms with E-state index in [0.717, 1.165) is 18.2 Å². The maximum Gasteiger partial charge on any atom is 0.416 e. The average Bonchev–Trinajstić information content (AvgIpc) is 3.29. The van der Waals surface area contributed by atoms with Crippen molar-refractivity contribution in [2.24, 2.45) is 29.6 Å². The van der Waals surface area contributed by atoms with Crippen molar-refractivity contribution in [3.05, 3.63) is 52.6 Å². The molecule has 2 aliphatic heterocycles. The molecule has 0 amide bonds. The quantitative estimate of drug-likeness (QED) is 0.195. The van der Waals surface area contributed by atoms with Gasteiger partial charge in [0.15, 0.2) is 11.9 Å². The maximum atomic E-state index is 14.3. The van der Waals surface area contributed by atoms with E-state index in [1.807, 2.05) is 0 Å². The van der Waals surface area contributed by atoms with Crippen LogP contribution in [0.3, 0.4) is 0 Å². The number of fused-ring (bicyclic) bond motifs is 1. The lowest BCUT2D eigenvalue weighted by atomic mass is 9.89. The number of aromatic nitrogens is 2. The summed E-state index contributed by atoms with van der Waals surface area (Å²) in [6, 6.07) is 0.390. The van der Waals surface area contributed by atoms with E-state index in [9.17, 15) is 22.0 Å². The molecule has 6 N–H and O–H groups in total. The van der Waals surface area contributed by atoms with Gasteiger partial charge in [0.25, 0.3) is 0 Å². The summed E-state index contributed by atoms with van der Waals surface area (Å²) in [5.74, 6) is 10.0. The molecule has 1 fully saturated rings. The van der Waals surface area contributed by atoms with Gasteiger partial charge in [-0.15, -0.1) is 0 Å². The number of hydrazine groups is 1. The molecule has 1 saturated heterocycles. The number of halogens is 5. The summed E-state index contributed by atoms with van der Waals surface area (Å²) in [6.45, 7) is 0.235. The Kier molecular flexibility index (Phi) is 6.27. The zero-order valence-corrected chi connectivity index (χ0v) is 18.4. The number of hydrazone groups is 1. The minimum Gasteiger partial charge on any atom is -0.357 e. The molecule has 34 heavy (non-hydrogen) atoms. The van der Waals surface area contributed by atoms with Gasteiger partial charge in [0.05, 0.1) is 11.4 Å². The van der Waals surface area contributed by atoms with Gasteiger partial charge in [-0.05, 0) is 24.6 Å². The van der Waals surface area contributed by atoms with Crippen LogP contribution in [0.2, 0.25) is 0 Å². The molecule has 0 saturated carbocycles. The Balaban J connectivity index is 1.61. The molecule has 14 heteroatoms. The zero-order chi connectivity index (χ0) is 24.9. The highest BCUT2D eigenvalue weighted by Gasteiger charge is 2.54. The minimum absolute atomic E-state index is 0.0988. The van der Waals surface area contributed by atoms with Crippen molar-refractivity contribution in [1.82, 2.24) is 19.5 Å². The van der Waals surface area contributed by atoms with Gasteiger partial charge in [-0.25, -0.2) is 19.6 Å². The molecule has 0 bridgehead atoms. The number of ether oxygens (including phenoxy) is 1. The third kappa shape index (κ3) is 4.21. The van der Waals surface area contributed by atoms with E-state index < -0.39 is 42.1 Å². The number of nitrogens with two attached hydrogens (primary N) is 3. The standard InChI is InChI=1S/C20H25F5N8O/c1-31-15-8-33(7-13(15)29-18(31)19(30-27)32(2)28)14-6-12(26)16(34-17(14)20(23,24)25)10-5-9(21)3-4-11(10)22/h3-5,12,14,16-17H,6-8,26-28H2,1-2H3/b30-19-/t12?,14?,16-,17?/m1/s1. The van der Waals surface area contributed by atoms with Gasteiger partial charge in [-0.1, -0.05) is 0 Å². The largest absolute Gasteiger partial charge is 0.416 e. The van der Waals surface area contributed by atoms with E-state index in [1.165, 1.54) is 12.1 Å². The smallest absolute Gasteiger partial charge is 0.357 e. The van der Waals surface area contributed by atoms with Crippen LogP contribution in [-0.2, 0) is 24.9 Å². The SMILES string of the molecule is CN(N)/C(=N\N)c1nc2c(n1C)CN(C1CC(N)[C@@H](c3cc(F)ccc3F)OC1C(F)(F)F)C2. The summed E-state index contributed by atoms with van der Waals surface area (Å²) in [4.78, 5) is 6.03. The first-order valence-corrected chi connectivity index (χ1v) is 10.4. The van der Waals surface area contributed by atoms with Crippen LogP contribution in [0.25, 0.3) is 0 Å². The maximum absolute atomic E-state index is 14.3. The van der Waals surface area contributed by atoms with Crippen LogP contribution in [0.5, 0.6) is 0 Å². The second-order valence-electron chi connectivity index (χ2n) is 8.51. The predicted octanol–water partition coefficient (Wildman–Crippen LogP) is 1.23. The molecule has 9 nitrogen and oxygen atoms in total. The fraction of sp³-hybridized carbons (Fsp3) is 0.500. The average molecular weight is 488 g/mol. The lowest BCUT2D eigenvalue weighted by Gasteiger charge is -2.44. The molecule has 186 valence electrons. The number of imidazole rings is 1. The third-order valence-electron chi connectivity index (χ3n) is 6.26. The van der Waals surface area contributed by atoms with Gasteiger partial charge >= 0.3 is 6.18 Å². The molecule has 4 rings (SSSR count). The number of nitrogens with zero attached hydrogens (tertiary/aromatic N) is 5. The summed E-state index contributed by atoms with van der Waals surface area (Å²) in [7, 11) is 3.22. The minimum atomic E-state index is -4.76. The van der Waals surface area contributed by atoms with Crippen LogP contribution in [-0.4, -0.2) is 56.7 Å². The summed E-state index contributed by atoms with van der Waals surface area (Å²) in [5, 5.41) is 4.81. The van der Waals surface area contributed by atoms with Gasteiger partial charge in [0, 0.05) is 44.8 Å². The first-order chi connectivity index (χ1) is 15.9. The molecular formula is C20H25F5N8O. The Bertz CT molecular complexity index is 1100. The third-order valence-corrected chi connectivity index (χ3v) is 6.26. The molecule has 2 aromatic rings. The fourth-order valence-corrected chi connectivity index (χ4v) is 4.64. The van der Waals surface area contributed by atoms with E-state index >= 15 is 0 Å². The monoisotopic (exact) mass is 488 g/mol. The second kappa shape index (κ2) is 8.76.